The van der Waals surface area contributed by atoms with Crippen molar-refractivity contribution in [3.63, 3.8) is 0 Å². The summed E-state index contributed by atoms with van der Waals surface area (Å²) in [6, 6.07) is 8.98. The van der Waals surface area contributed by atoms with Crippen molar-refractivity contribution >= 4 is 0 Å². The van der Waals surface area contributed by atoms with E-state index >= 15 is 0 Å². The summed E-state index contributed by atoms with van der Waals surface area (Å²) in [5.41, 5.74) is 1.93. The van der Waals surface area contributed by atoms with Gasteiger partial charge in [0.15, 0.2) is 0 Å². The first-order valence-electron chi connectivity index (χ1n) is 7.25. The third-order valence-corrected chi connectivity index (χ3v) is 3.84. The van der Waals surface area contributed by atoms with E-state index in [1.165, 1.54) is 11.6 Å². The largest absolute Gasteiger partial charge is 0.469 e. The second-order valence-electron chi connectivity index (χ2n) is 5.39. The molecular formula is C17H23FN2O. The van der Waals surface area contributed by atoms with Crippen molar-refractivity contribution in [2.24, 2.45) is 0 Å². The molecule has 0 aliphatic rings. The molecule has 0 saturated carbocycles. The molecule has 114 valence electrons. The highest BCUT2D eigenvalue weighted by molar-refractivity contribution is 5.21. The Kier molecular flexibility index (Phi) is 5.53. The predicted molar refractivity (Wildman–Crippen MR) is 82.6 cm³/mol. The lowest BCUT2D eigenvalue weighted by Gasteiger charge is -2.22. The van der Waals surface area contributed by atoms with Gasteiger partial charge in [0.2, 0.25) is 0 Å². The summed E-state index contributed by atoms with van der Waals surface area (Å²) in [4.78, 5) is 2.23. The number of hydrogen-bond donors (Lipinski definition) is 1. The summed E-state index contributed by atoms with van der Waals surface area (Å²) in [5.74, 6) is 0.811. The number of nitrogens with zero attached hydrogens (tertiary/aromatic N) is 1. The highest BCUT2D eigenvalue weighted by Crippen LogP contribution is 2.20. The second-order valence-corrected chi connectivity index (χ2v) is 5.39. The van der Waals surface area contributed by atoms with Crippen LogP contribution < -0.4 is 5.32 Å². The molecule has 1 aromatic carbocycles. The zero-order chi connectivity index (χ0) is 15.2. The van der Waals surface area contributed by atoms with E-state index < -0.39 is 0 Å². The number of benzene rings is 1. The molecule has 0 fully saturated rings. The first-order valence-corrected chi connectivity index (χ1v) is 7.25. The smallest absolute Gasteiger partial charge is 0.127 e. The third kappa shape index (κ3) is 4.16. The summed E-state index contributed by atoms with van der Waals surface area (Å²) in [6.07, 6.45) is 2.57. The maximum absolute atomic E-state index is 13.8. The highest BCUT2D eigenvalue weighted by Gasteiger charge is 2.14. The van der Waals surface area contributed by atoms with Crippen molar-refractivity contribution in [1.82, 2.24) is 10.2 Å². The van der Waals surface area contributed by atoms with Crippen LogP contribution in [0.25, 0.3) is 0 Å². The van der Waals surface area contributed by atoms with Gasteiger partial charge in [-0.3, -0.25) is 0 Å². The number of hydrogen-bond acceptors (Lipinski definition) is 3. The Morgan fingerprint density at radius 2 is 2.05 bits per heavy atom. The summed E-state index contributed by atoms with van der Waals surface area (Å²) >= 11 is 0. The molecule has 0 saturated heterocycles. The molecule has 2 rings (SSSR count). The van der Waals surface area contributed by atoms with Gasteiger partial charge in [0.05, 0.1) is 6.26 Å². The number of nitrogens with one attached hydrogen (secondary N) is 1. The molecule has 3 nitrogen and oxygen atoms in total. The minimum atomic E-state index is -0.148. The molecule has 1 N–H and O–H groups in total. The van der Waals surface area contributed by atoms with Gasteiger partial charge in [-0.05, 0) is 46.1 Å². The Bertz CT molecular complexity index is 567. The SMILES string of the molecule is CNC(CCN(C)Cc1ccoc1C)c1ccccc1F. The quantitative estimate of drug-likeness (QED) is 0.846. The molecule has 0 bridgehead atoms. The average Bonchev–Trinajstić information content (AvgIpc) is 2.86. The van der Waals surface area contributed by atoms with E-state index in [2.05, 4.69) is 17.3 Å². The van der Waals surface area contributed by atoms with Crippen LogP contribution in [-0.2, 0) is 6.54 Å². The average molecular weight is 290 g/mol. The van der Waals surface area contributed by atoms with Crippen molar-refractivity contribution in [2.75, 3.05) is 20.6 Å². The Balaban J connectivity index is 1.91. The molecule has 1 atom stereocenters. The van der Waals surface area contributed by atoms with Crippen LogP contribution in [0.2, 0.25) is 0 Å². The molecule has 1 heterocycles. The first kappa shape index (κ1) is 15.7. The van der Waals surface area contributed by atoms with E-state index in [1.54, 1.807) is 12.3 Å². The standard InChI is InChI=1S/C17H23FN2O/c1-13-14(9-11-21-13)12-20(3)10-8-17(19-2)15-6-4-5-7-16(15)18/h4-7,9,11,17,19H,8,10,12H2,1-3H3. The van der Waals surface area contributed by atoms with E-state index in [0.29, 0.717) is 0 Å². The minimum absolute atomic E-state index is 0.0269. The van der Waals surface area contributed by atoms with Crippen LogP contribution in [0.15, 0.2) is 41.0 Å². The van der Waals surface area contributed by atoms with Gasteiger partial charge in [0.25, 0.3) is 0 Å². The number of rotatable bonds is 7. The van der Waals surface area contributed by atoms with Crippen LogP contribution in [0, 0.1) is 12.7 Å². The van der Waals surface area contributed by atoms with Gasteiger partial charge in [0, 0.05) is 23.7 Å². The fraction of sp³-hybridized carbons (Fsp3) is 0.412. The molecule has 2 aromatic rings. The molecule has 0 amide bonds. The minimum Gasteiger partial charge on any atom is -0.469 e. The summed E-state index contributed by atoms with van der Waals surface area (Å²) in [7, 11) is 3.94. The highest BCUT2D eigenvalue weighted by atomic mass is 19.1. The topological polar surface area (TPSA) is 28.4 Å². The van der Waals surface area contributed by atoms with Crippen LogP contribution in [0.1, 0.15) is 29.3 Å². The van der Waals surface area contributed by atoms with Crippen molar-refractivity contribution in [3.8, 4) is 0 Å². The lowest BCUT2D eigenvalue weighted by molar-refractivity contribution is 0.300. The molecule has 0 aliphatic heterocycles. The fourth-order valence-electron chi connectivity index (χ4n) is 2.51. The molecule has 0 aliphatic carbocycles. The van der Waals surface area contributed by atoms with Gasteiger partial charge >= 0.3 is 0 Å². The summed E-state index contributed by atoms with van der Waals surface area (Å²) < 4.78 is 19.2. The lowest BCUT2D eigenvalue weighted by atomic mass is 10.0. The molecule has 21 heavy (non-hydrogen) atoms. The molecule has 0 spiro atoms. The van der Waals surface area contributed by atoms with Gasteiger partial charge < -0.3 is 14.6 Å². The zero-order valence-electron chi connectivity index (χ0n) is 12.9. The van der Waals surface area contributed by atoms with Crippen molar-refractivity contribution in [3.05, 3.63) is 59.3 Å². The van der Waals surface area contributed by atoms with E-state index in [9.17, 15) is 4.39 Å². The first-order chi connectivity index (χ1) is 10.1. The van der Waals surface area contributed by atoms with Gasteiger partial charge in [-0.2, -0.15) is 0 Å². The Morgan fingerprint density at radius 1 is 1.29 bits per heavy atom. The van der Waals surface area contributed by atoms with Gasteiger partial charge in [0.1, 0.15) is 11.6 Å². The molecule has 1 aromatic heterocycles. The maximum Gasteiger partial charge on any atom is 0.127 e. The third-order valence-electron chi connectivity index (χ3n) is 3.84. The van der Waals surface area contributed by atoms with Gasteiger partial charge in [-0.25, -0.2) is 4.39 Å². The Hall–Kier alpha value is -1.65. The number of furan rings is 1. The maximum atomic E-state index is 13.8. The van der Waals surface area contributed by atoms with E-state index in [1.807, 2.05) is 32.2 Å². The van der Waals surface area contributed by atoms with Gasteiger partial charge in [-0.1, -0.05) is 18.2 Å². The second kappa shape index (κ2) is 7.38. The van der Waals surface area contributed by atoms with E-state index in [0.717, 1.165) is 30.8 Å². The molecule has 0 radical (unpaired) electrons. The normalized spacial score (nSPS) is 12.8. The van der Waals surface area contributed by atoms with E-state index in [-0.39, 0.29) is 11.9 Å². The number of halogens is 1. The Morgan fingerprint density at radius 3 is 2.67 bits per heavy atom. The fourth-order valence-corrected chi connectivity index (χ4v) is 2.51. The Labute approximate surface area is 125 Å². The van der Waals surface area contributed by atoms with Crippen LogP contribution >= 0.6 is 0 Å². The predicted octanol–water partition coefficient (Wildman–Crippen LogP) is 3.51. The van der Waals surface area contributed by atoms with E-state index in [4.69, 9.17) is 4.42 Å². The van der Waals surface area contributed by atoms with Crippen molar-refractivity contribution < 1.29 is 8.81 Å². The van der Waals surface area contributed by atoms with Crippen LogP contribution in [0.4, 0.5) is 4.39 Å². The summed E-state index contributed by atoms with van der Waals surface area (Å²) in [5, 5.41) is 3.20. The number of aryl methyl sites for hydroxylation is 1. The summed E-state index contributed by atoms with van der Waals surface area (Å²) in [6.45, 7) is 3.69. The van der Waals surface area contributed by atoms with Crippen molar-refractivity contribution in [1.29, 1.82) is 0 Å². The van der Waals surface area contributed by atoms with Crippen molar-refractivity contribution in [2.45, 2.75) is 25.9 Å². The molecular weight excluding hydrogens is 267 g/mol. The van der Waals surface area contributed by atoms with Crippen LogP contribution in [-0.4, -0.2) is 25.5 Å². The van der Waals surface area contributed by atoms with Crippen LogP contribution in [0.5, 0.6) is 0 Å². The van der Waals surface area contributed by atoms with Gasteiger partial charge in [-0.15, -0.1) is 0 Å². The van der Waals surface area contributed by atoms with Crippen LogP contribution in [0.3, 0.4) is 0 Å². The molecule has 4 heteroatoms. The lowest BCUT2D eigenvalue weighted by Crippen LogP contribution is -2.25. The molecule has 1 unspecified atom stereocenters. The monoisotopic (exact) mass is 290 g/mol. The zero-order valence-corrected chi connectivity index (χ0v) is 12.9.